The summed E-state index contributed by atoms with van der Waals surface area (Å²) in [6, 6.07) is 6.53. The Kier molecular flexibility index (Phi) is 4.46. The van der Waals surface area contributed by atoms with Crippen LogP contribution in [-0.2, 0) is 23.5 Å². The quantitative estimate of drug-likeness (QED) is 0.787. The zero-order valence-electron chi connectivity index (χ0n) is 10.9. The maximum Gasteiger partial charge on any atom is 0.241 e. The normalized spacial score (nSPS) is 11.7. The summed E-state index contributed by atoms with van der Waals surface area (Å²) in [5, 5.41) is 4.19. The second-order valence-corrected chi connectivity index (χ2v) is 6.91. The lowest BCUT2D eigenvalue weighted by molar-refractivity contribution is 0.580. The van der Waals surface area contributed by atoms with Crippen LogP contribution >= 0.6 is 15.9 Å². The lowest BCUT2D eigenvalue weighted by Crippen LogP contribution is -2.26. The third kappa shape index (κ3) is 3.59. The van der Waals surface area contributed by atoms with E-state index in [9.17, 15) is 8.42 Å². The molecule has 0 atom stereocenters. The first-order valence-corrected chi connectivity index (χ1v) is 8.19. The van der Waals surface area contributed by atoms with Gasteiger partial charge in [-0.1, -0.05) is 0 Å². The first kappa shape index (κ1) is 15.0. The van der Waals surface area contributed by atoms with E-state index in [2.05, 4.69) is 25.8 Å². The Morgan fingerprint density at radius 3 is 2.80 bits per heavy atom. The highest BCUT2D eigenvalue weighted by Gasteiger charge is 2.17. The van der Waals surface area contributed by atoms with E-state index in [4.69, 9.17) is 5.73 Å². The summed E-state index contributed by atoms with van der Waals surface area (Å²) in [6.07, 6.45) is 2.35. The van der Waals surface area contributed by atoms with E-state index < -0.39 is 10.0 Å². The lowest BCUT2D eigenvalue weighted by Gasteiger charge is -2.08. The van der Waals surface area contributed by atoms with Crippen molar-refractivity contribution in [1.82, 2.24) is 14.5 Å². The molecule has 20 heavy (non-hydrogen) atoms. The molecule has 0 radical (unpaired) electrons. The number of benzene rings is 1. The number of nitrogens with two attached hydrogens (primary N) is 1. The molecule has 1 aromatic carbocycles. The Balaban J connectivity index is 2.06. The standard InChI is InChI=1S/C12H15BrN4O2S/c1-17-7-5-10(16-17)4-6-15-20(18,19)12-8-9(14)2-3-11(12)13/h2-3,5,7-8,15H,4,6,14H2,1H3. The molecule has 0 aliphatic carbocycles. The van der Waals surface area contributed by atoms with E-state index in [0.29, 0.717) is 16.6 Å². The molecule has 0 fully saturated rings. The highest BCUT2D eigenvalue weighted by atomic mass is 79.9. The van der Waals surface area contributed by atoms with E-state index >= 15 is 0 Å². The van der Waals surface area contributed by atoms with Crippen LogP contribution in [0.4, 0.5) is 5.69 Å². The smallest absolute Gasteiger partial charge is 0.241 e. The SMILES string of the molecule is Cn1ccc(CCNS(=O)(=O)c2cc(N)ccc2Br)n1. The molecule has 2 aromatic rings. The Morgan fingerprint density at radius 1 is 1.40 bits per heavy atom. The third-order valence-corrected chi connectivity index (χ3v) is 5.14. The fourth-order valence-electron chi connectivity index (χ4n) is 1.71. The van der Waals surface area contributed by atoms with Gasteiger partial charge in [0.25, 0.3) is 0 Å². The average Bonchev–Trinajstić information content (AvgIpc) is 2.78. The fourth-order valence-corrected chi connectivity index (χ4v) is 3.74. The van der Waals surface area contributed by atoms with Gasteiger partial charge < -0.3 is 5.73 Å². The van der Waals surface area contributed by atoms with Gasteiger partial charge in [-0.15, -0.1) is 0 Å². The Morgan fingerprint density at radius 2 is 2.15 bits per heavy atom. The van der Waals surface area contributed by atoms with E-state index in [1.165, 1.54) is 6.07 Å². The number of rotatable bonds is 5. The van der Waals surface area contributed by atoms with E-state index in [0.717, 1.165) is 5.69 Å². The highest BCUT2D eigenvalue weighted by molar-refractivity contribution is 9.10. The Bertz CT molecular complexity index is 712. The molecule has 108 valence electrons. The zero-order chi connectivity index (χ0) is 14.8. The van der Waals surface area contributed by atoms with Crippen LogP contribution in [0.25, 0.3) is 0 Å². The average molecular weight is 359 g/mol. The van der Waals surface area contributed by atoms with Gasteiger partial charge in [0.05, 0.1) is 10.6 Å². The Labute approximate surface area is 126 Å². The molecule has 0 saturated heterocycles. The van der Waals surface area contributed by atoms with Crippen molar-refractivity contribution in [2.75, 3.05) is 12.3 Å². The van der Waals surface area contributed by atoms with Gasteiger partial charge >= 0.3 is 0 Å². The maximum atomic E-state index is 12.2. The first-order chi connectivity index (χ1) is 9.38. The van der Waals surface area contributed by atoms with Gasteiger partial charge in [0.15, 0.2) is 0 Å². The number of aromatic nitrogens is 2. The molecule has 2 rings (SSSR count). The van der Waals surface area contributed by atoms with Crippen molar-refractivity contribution in [3.63, 3.8) is 0 Å². The number of aryl methyl sites for hydroxylation is 1. The van der Waals surface area contributed by atoms with Gasteiger partial charge in [0, 0.05) is 36.4 Å². The fraction of sp³-hybridized carbons (Fsp3) is 0.250. The molecular formula is C12H15BrN4O2S. The number of nitrogens with one attached hydrogen (secondary N) is 1. The van der Waals surface area contributed by atoms with Gasteiger partial charge in [-0.05, 0) is 40.2 Å². The Hall–Kier alpha value is -1.38. The van der Waals surface area contributed by atoms with E-state index in [1.807, 2.05) is 19.3 Å². The van der Waals surface area contributed by atoms with Crippen LogP contribution in [0.1, 0.15) is 5.69 Å². The van der Waals surface area contributed by atoms with E-state index in [-0.39, 0.29) is 11.4 Å². The molecule has 1 aromatic heterocycles. The monoisotopic (exact) mass is 358 g/mol. The topological polar surface area (TPSA) is 90.0 Å². The number of hydrogen-bond acceptors (Lipinski definition) is 4. The highest BCUT2D eigenvalue weighted by Crippen LogP contribution is 2.23. The molecule has 0 aliphatic rings. The molecule has 0 saturated carbocycles. The maximum absolute atomic E-state index is 12.2. The molecule has 1 heterocycles. The van der Waals surface area contributed by atoms with Gasteiger partial charge in [0.2, 0.25) is 10.0 Å². The van der Waals surface area contributed by atoms with Crippen molar-refractivity contribution in [1.29, 1.82) is 0 Å². The van der Waals surface area contributed by atoms with E-state index in [1.54, 1.807) is 16.8 Å². The van der Waals surface area contributed by atoms with Crippen LogP contribution < -0.4 is 10.5 Å². The zero-order valence-corrected chi connectivity index (χ0v) is 13.3. The number of nitrogens with zero attached hydrogens (tertiary/aromatic N) is 2. The van der Waals surface area contributed by atoms with Crippen molar-refractivity contribution < 1.29 is 8.42 Å². The van der Waals surface area contributed by atoms with Crippen molar-refractivity contribution in [3.05, 3.63) is 40.6 Å². The number of halogens is 1. The summed E-state index contributed by atoms with van der Waals surface area (Å²) in [7, 11) is -1.77. The second kappa shape index (κ2) is 5.94. The second-order valence-electron chi connectivity index (χ2n) is 4.32. The van der Waals surface area contributed by atoms with Gasteiger partial charge in [0.1, 0.15) is 0 Å². The molecule has 3 N–H and O–H groups in total. The lowest BCUT2D eigenvalue weighted by atomic mass is 10.3. The van der Waals surface area contributed by atoms with Crippen molar-refractivity contribution in [2.24, 2.45) is 7.05 Å². The molecule has 0 aliphatic heterocycles. The third-order valence-electron chi connectivity index (χ3n) is 2.69. The molecular weight excluding hydrogens is 344 g/mol. The largest absolute Gasteiger partial charge is 0.399 e. The van der Waals surface area contributed by atoms with Gasteiger partial charge in [-0.2, -0.15) is 5.10 Å². The first-order valence-electron chi connectivity index (χ1n) is 5.92. The van der Waals surface area contributed by atoms with Gasteiger partial charge in [-0.3, -0.25) is 4.68 Å². The van der Waals surface area contributed by atoms with Crippen molar-refractivity contribution >= 4 is 31.6 Å². The van der Waals surface area contributed by atoms with Crippen LogP contribution in [-0.4, -0.2) is 24.7 Å². The summed E-state index contributed by atoms with van der Waals surface area (Å²) in [5.74, 6) is 0. The molecule has 0 amide bonds. The van der Waals surface area contributed by atoms with Crippen LogP contribution in [0.3, 0.4) is 0 Å². The van der Waals surface area contributed by atoms with Crippen LogP contribution in [0.5, 0.6) is 0 Å². The summed E-state index contributed by atoms with van der Waals surface area (Å²) >= 11 is 3.22. The van der Waals surface area contributed by atoms with Gasteiger partial charge in [-0.25, -0.2) is 13.1 Å². The number of nitrogen functional groups attached to an aromatic ring is 1. The molecule has 0 spiro atoms. The summed E-state index contributed by atoms with van der Waals surface area (Å²) < 4.78 is 29.1. The van der Waals surface area contributed by atoms with Crippen molar-refractivity contribution in [2.45, 2.75) is 11.3 Å². The summed E-state index contributed by atoms with van der Waals surface area (Å²) in [5.41, 5.74) is 6.86. The van der Waals surface area contributed by atoms with Crippen LogP contribution in [0.15, 0.2) is 39.8 Å². The number of sulfonamides is 1. The van der Waals surface area contributed by atoms with Crippen LogP contribution in [0, 0.1) is 0 Å². The molecule has 0 unspecified atom stereocenters. The molecule has 6 nitrogen and oxygen atoms in total. The predicted octanol–water partition coefficient (Wildman–Crippen LogP) is 1.29. The van der Waals surface area contributed by atoms with Crippen LogP contribution in [0.2, 0.25) is 0 Å². The number of hydrogen-bond donors (Lipinski definition) is 2. The number of anilines is 1. The predicted molar refractivity (Wildman–Crippen MR) is 80.7 cm³/mol. The minimum atomic E-state index is -3.59. The minimum absolute atomic E-state index is 0.138. The molecule has 8 heteroatoms. The molecule has 0 bridgehead atoms. The summed E-state index contributed by atoms with van der Waals surface area (Å²) in [6.45, 7) is 0.278. The summed E-state index contributed by atoms with van der Waals surface area (Å²) in [4.78, 5) is 0.138. The van der Waals surface area contributed by atoms with Crippen molar-refractivity contribution in [3.8, 4) is 0 Å². The minimum Gasteiger partial charge on any atom is -0.399 e.